The number of halogens is 1. The number of rotatable bonds is 5. The number of fused-ring (bicyclic) bond motifs is 2. The second-order valence-electron chi connectivity index (χ2n) is 6.77. The number of aromatic nitrogens is 2. The maximum absolute atomic E-state index is 6.15. The van der Waals surface area contributed by atoms with Crippen molar-refractivity contribution in [2.75, 3.05) is 18.9 Å². The Morgan fingerprint density at radius 3 is 2.58 bits per heavy atom. The van der Waals surface area contributed by atoms with Crippen LogP contribution in [0.3, 0.4) is 0 Å². The quantitative estimate of drug-likeness (QED) is 0.794. The smallest absolute Gasteiger partial charge is 0.128 e. The molecule has 2 bridgehead atoms. The van der Waals surface area contributed by atoms with Crippen molar-refractivity contribution in [2.45, 2.75) is 37.8 Å². The number of hydrogen-bond acceptors (Lipinski definition) is 4. The minimum atomic E-state index is 0.708. The van der Waals surface area contributed by atoms with Gasteiger partial charge in [-0.1, -0.05) is 0 Å². The van der Waals surface area contributed by atoms with Crippen LogP contribution in [0, 0.1) is 0 Å². The lowest BCUT2D eigenvalue weighted by molar-refractivity contribution is 0.194. The molecule has 1 aromatic heterocycles. The first-order valence-corrected chi connectivity index (χ1v) is 9.38. The molecule has 0 unspecified atom stereocenters. The molecule has 0 atom stereocenters. The molecule has 3 heterocycles. The number of aryl methyl sites for hydroxylation is 1. The van der Waals surface area contributed by atoms with E-state index >= 15 is 0 Å². The summed E-state index contributed by atoms with van der Waals surface area (Å²) in [5, 5.41) is 4.30. The van der Waals surface area contributed by atoms with Crippen LogP contribution in [0.5, 0.6) is 5.75 Å². The van der Waals surface area contributed by atoms with Gasteiger partial charge in [0.25, 0.3) is 0 Å². The number of hydrogen-bond donors (Lipinski definition) is 1. The van der Waals surface area contributed by atoms with Crippen molar-refractivity contribution < 1.29 is 4.74 Å². The standard InChI is InChI=1S/C18H23BrN4O/c1-22-18(16(19)11-21-22)15-10-12(20)2-7-17(15)24-9-8-23-13-3-4-14(23)6-5-13/h2,7,10-11,13-14H,3-6,8-9,20H2,1H3. The highest BCUT2D eigenvalue weighted by Gasteiger charge is 2.38. The topological polar surface area (TPSA) is 56.3 Å². The highest BCUT2D eigenvalue weighted by atomic mass is 79.9. The van der Waals surface area contributed by atoms with Crippen molar-refractivity contribution in [1.82, 2.24) is 14.7 Å². The molecule has 0 amide bonds. The third-order valence-electron chi connectivity index (χ3n) is 5.36. The molecule has 4 rings (SSSR count). The molecular weight excluding hydrogens is 368 g/mol. The Morgan fingerprint density at radius 1 is 1.25 bits per heavy atom. The van der Waals surface area contributed by atoms with E-state index in [1.807, 2.05) is 29.9 Å². The highest BCUT2D eigenvalue weighted by Crippen LogP contribution is 2.38. The summed E-state index contributed by atoms with van der Waals surface area (Å²) in [4.78, 5) is 2.64. The molecule has 2 saturated heterocycles. The Balaban J connectivity index is 1.51. The number of nitrogens with two attached hydrogens (primary N) is 1. The fourth-order valence-corrected chi connectivity index (χ4v) is 4.78. The van der Waals surface area contributed by atoms with Crippen molar-refractivity contribution in [3.05, 3.63) is 28.9 Å². The summed E-state index contributed by atoms with van der Waals surface area (Å²) in [6.45, 7) is 1.71. The molecular formula is C18H23BrN4O. The summed E-state index contributed by atoms with van der Waals surface area (Å²) in [5.41, 5.74) is 8.69. The van der Waals surface area contributed by atoms with E-state index in [1.54, 1.807) is 6.20 Å². The summed E-state index contributed by atoms with van der Waals surface area (Å²) < 4.78 is 8.94. The van der Waals surface area contributed by atoms with E-state index in [0.29, 0.717) is 6.61 Å². The largest absolute Gasteiger partial charge is 0.492 e. The van der Waals surface area contributed by atoms with Crippen molar-refractivity contribution in [3.8, 4) is 17.0 Å². The van der Waals surface area contributed by atoms with Crippen LogP contribution in [-0.4, -0.2) is 39.9 Å². The van der Waals surface area contributed by atoms with Gasteiger partial charge in [0.05, 0.1) is 16.4 Å². The van der Waals surface area contributed by atoms with Crippen molar-refractivity contribution in [1.29, 1.82) is 0 Å². The molecule has 0 aliphatic carbocycles. The molecule has 2 N–H and O–H groups in total. The number of ether oxygens (including phenoxy) is 1. The summed E-state index contributed by atoms with van der Waals surface area (Å²) in [6.07, 6.45) is 7.24. The van der Waals surface area contributed by atoms with Gasteiger partial charge in [-0.05, 0) is 59.8 Å². The normalized spacial score (nSPS) is 23.1. The first kappa shape index (κ1) is 16.0. The number of nitrogen functional groups attached to an aromatic ring is 1. The van der Waals surface area contributed by atoms with Gasteiger partial charge in [-0.15, -0.1) is 0 Å². The lowest BCUT2D eigenvalue weighted by Gasteiger charge is -2.22. The second kappa shape index (κ2) is 6.41. The van der Waals surface area contributed by atoms with Crippen LogP contribution < -0.4 is 10.5 Å². The molecule has 1 aromatic carbocycles. The molecule has 2 aliphatic heterocycles. The van der Waals surface area contributed by atoms with Gasteiger partial charge in [-0.25, -0.2) is 0 Å². The van der Waals surface area contributed by atoms with E-state index < -0.39 is 0 Å². The molecule has 5 nitrogen and oxygen atoms in total. The van der Waals surface area contributed by atoms with Crippen LogP contribution in [0.2, 0.25) is 0 Å². The van der Waals surface area contributed by atoms with Gasteiger partial charge in [-0.2, -0.15) is 5.10 Å². The Morgan fingerprint density at radius 2 is 1.96 bits per heavy atom. The Bertz CT molecular complexity index is 705. The maximum Gasteiger partial charge on any atom is 0.128 e. The van der Waals surface area contributed by atoms with Gasteiger partial charge in [0.2, 0.25) is 0 Å². The number of anilines is 1. The first-order valence-electron chi connectivity index (χ1n) is 8.59. The van der Waals surface area contributed by atoms with Gasteiger partial charge in [0.15, 0.2) is 0 Å². The van der Waals surface area contributed by atoms with Gasteiger partial charge in [-0.3, -0.25) is 9.58 Å². The fraction of sp³-hybridized carbons (Fsp3) is 0.500. The van der Waals surface area contributed by atoms with E-state index in [-0.39, 0.29) is 0 Å². The predicted molar refractivity (Wildman–Crippen MR) is 99.0 cm³/mol. The molecule has 2 aromatic rings. The molecule has 0 radical (unpaired) electrons. The third-order valence-corrected chi connectivity index (χ3v) is 5.94. The van der Waals surface area contributed by atoms with E-state index in [1.165, 1.54) is 25.7 Å². The molecule has 2 fully saturated rings. The molecule has 2 aliphatic rings. The average Bonchev–Trinajstić information content (AvgIpc) is 3.24. The molecule has 0 saturated carbocycles. The third kappa shape index (κ3) is 2.82. The summed E-state index contributed by atoms with van der Waals surface area (Å²) >= 11 is 3.57. The molecule has 24 heavy (non-hydrogen) atoms. The van der Waals surface area contributed by atoms with Crippen LogP contribution in [0.25, 0.3) is 11.3 Å². The second-order valence-corrected chi connectivity index (χ2v) is 7.62. The lowest BCUT2D eigenvalue weighted by atomic mass is 10.0. The molecule has 0 spiro atoms. The van der Waals surface area contributed by atoms with Crippen LogP contribution >= 0.6 is 15.9 Å². The minimum absolute atomic E-state index is 0.708. The van der Waals surface area contributed by atoms with Gasteiger partial charge in [0, 0.05) is 36.9 Å². The van der Waals surface area contributed by atoms with Gasteiger partial charge in [0.1, 0.15) is 12.4 Å². The minimum Gasteiger partial charge on any atom is -0.492 e. The van der Waals surface area contributed by atoms with Crippen LogP contribution in [0.4, 0.5) is 5.69 Å². The molecule has 128 valence electrons. The van der Waals surface area contributed by atoms with Crippen molar-refractivity contribution in [3.63, 3.8) is 0 Å². The summed E-state index contributed by atoms with van der Waals surface area (Å²) in [7, 11) is 1.93. The zero-order valence-corrected chi connectivity index (χ0v) is 15.5. The highest BCUT2D eigenvalue weighted by molar-refractivity contribution is 9.10. The van der Waals surface area contributed by atoms with E-state index in [0.717, 1.165) is 45.8 Å². The first-order chi connectivity index (χ1) is 11.6. The van der Waals surface area contributed by atoms with Crippen LogP contribution in [0.1, 0.15) is 25.7 Å². The number of benzene rings is 1. The van der Waals surface area contributed by atoms with Crippen molar-refractivity contribution in [2.24, 2.45) is 7.05 Å². The van der Waals surface area contributed by atoms with Crippen LogP contribution in [-0.2, 0) is 7.05 Å². The average molecular weight is 391 g/mol. The van der Waals surface area contributed by atoms with Crippen molar-refractivity contribution >= 4 is 21.6 Å². The molecule has 6 heteroatoms. The van der Waals surface area contributed by atoms with E-state index in [2.05, 4.69) is 25.9 Å². The zero-order valence-electron chi connectivity index (χ0n) is 13.9. The Labute approximate surface area is 150 Å². The lowest BCUT2D eigenvalue weighted by Crippen LogP contribution is -2.32. The summed E-state index contributed by atoms with van der Waals surface area (Å²) in [5.74, 6) is 0.861. The predicted octanol–water partition coefficient (Wildman–Crippen LogP) is 3.44. The maximum atomic E-state index is 6.15. The Hall–Kier alpha value is -1.53. The fourth-order valence-electron chi connectivity index (χ4n) is 4.22. The van der Waals surface area contributed by atoms with Crippen LogP contribution in [0.15, 0.2) is 28.9 Å². The van der Waals surface area contributed by atoms with E-state index in [9.17, 15) is 0 Å². The summed E-state index contributed by atoms with van der Waals surface area (Å²) in [6, 6.07) is 7.38. The monoisotopic (exact) mass is 390 g/mol. The SMILES string of the molecule is Cn1ncc(Br)c1-c1cc(N)ccc1OCCN1C2CCC1CC2. The Kier molecular flexibility index (Phi) is 4.26. The van der Waals surface area contributed by atoms with Gasteiger partial charge >= 0.3 is 0 Å². The zero-order chi connectivity index (χ0) is 16.7. The van der Waals surface area contributed by atoms with E-state index in [4.69, 9.17) is 10.5 Å². The van der Waals surface area contributed by atoms with Gasteiger partial charge < -0.3 is 10.5 Å². The number of nitrogens with zero attached hydrogens (tertiary/aromatic N) is 3.